The molecule has 3 rings (SSSR count). The second-order valence-corrected chi connectivity index (χ2v) is 7.61. The van der Waals surface area contributed by atoms with E-state index in [4.69, 9.17) is 12.6 Å². The van der Waals surface area contributed by atoms with Gasteiger partial charge in [0.2, 0.25) is 0 Å². The minimum Gasteiger partial charge on any atom is -0.444 e. The molecule has 0 unspecified atom stereocenters. The van der Waals surface area contributed by atoms with Crippen molar-refractivity contribution in [3.05, 3.63) is 29.8 Å². The second-order valence-electron chi connectivity index (χ2n) is 7.61. The highest BCUT2D eigenvalue weighted by molar-refractivity contribution is 6.32. The van der Waals surface area contributed by atoms with Gasteiger partial charge < -0.3 is 9.64 Å². The summed E-state index contributed by atoms with van der Waals surface area (Å²) in [6.07, 6.45) is 2.17. The van der Waals surface area contributed by atoms with E-state index in [0.717, 1.165) is 31.6 Å². The van der Waals surface area contributed by atoms with Gasteiger partial charge in [0.15, 0.2) is 0 Å². The molecule has 4 nitrogen and oxygen atoms in total. The molecule has 122 valence electrons. The van der Waals surface area contributed by atoms with Crippen molar-refractivity contribution in [2.45, 2.75) is 44.8 Å². The lowest BCUT2D eigenvalue weighted by Gasteiger charge is -2.40. The Morgan fingerprint density at radius 3 is 2.13 bits per heavy atom. The zero-order chi connectivity index (χ0) is 16.7. The molecule has 1 aromatic carbocycles. The first-order valence-corrected chi connectivity index (χ1v) is 8.39. The van der Waals surface area contributed by atoms with Gasteiger partial charge in [0, 0.05) is 31.7 Å². The van der Waals surface area contributed by atoms with Gasteiger partial charge in [-0.3, -0.25) is 4.90 Å². The molecule has 5 heteroatoms. The smallest absolute Gasteiger partial charge is 0.410 e. The zero-order valence-corrected chi connectivity index (χ0v) is 14.3. The Balaban J connectivity index is 1.61. The normalized spacial score (nSPS) is 21.1. The second kappa shape index (κ2) is 5.86. The van der Waals surface area contributed by atoms with Crippen LogP contribution in [0.3, 0.4) is 0 Å². The Kier molecular flexibility index (Phi) is 4.17. The number of carbonyl (C=O) groups excluding carboxylic acids is 1. The van der Waals surface area contributed by atoms with Gasteiger partial charge >= 0.3 is 6.09 Å². The number of rotatable bonds is 2. The van der Waals surface area contributed by atoms with Crippen LogP contribution in [0.2, 0.25) is 0 Å². The van der Waals surface area contributed by atoms with E-state index in [9.17, 15) is 4.79 Å². The summed E-state index contributed by atoms with van der Waals surface area (Å²) in [6.45, 7) is 8.95. The molecular formula is C18H25BN2O2. The number of amides is 1. The van der Waals surface area contributed by atoms with Gasteiger partial charge in [0.05, 0.1) is 0 Å². The first-order valence-electron chi connectivity index (χ1n) is 8.39. The van der Waals surface area contributed by atoms with Crippen molar-refractivity contribution in [3.8, 4) is 0 Å². The predicted molar refractivity (Wildman–Crippen MR) is 92.1 cm³/mol. The van der Waals surface area contributed by atoms with Crippen LogP contribution in [0.5, 0.6) is 0 Å². The fourth-order valence-electron chi connectivity index (χ4n) is 3.34. The van der Waals surface area contributed by atoms with Gasteiger partial charge in [0.25, 0.3) is 0 Å². The maximum Gasteiger partial charge on any atom is 0.410 e. The van der Waals surface area contributed by atoms with E-state index in [0.29, 0.717) is 0 Å². The largest absolute Gasteiger partial charge is 0.444 e. The number of piperazine rings is 1. The number of hydrogen-bond donors (Lipinski definition) is 0. The molecule has 2 fully saturated rings. The van der Waals surface area contributed by atoms with E-state index in [1.54, 1.807) is 0 Å². The summed E-state index contributed by atoms with van der Waals surface area (Å²) >= 11 is 0. The summed E-state index contributed by atoms with van der Waals surface area (Å²) in [5.41, 5.74) is 1.88. The predicted octanol–water partition coefficient (Wildman–Crippen LogP) is 2.02. The average molecular weight is 312 g/mol. The number of benzene rings is 1. The molecule has 0 N–H and O–H groups in total. The lowest BCUT2D eigenvalue weighted by molar-refractivity contribution is 0.00815. The maximum absolute atomic E-state index is 12.2. The average Bonchev–Trinajstić information content (AvgIpc) is 3.28. The van der Waals surface area contributed by atoms with E-state index in [-0.39, 0.29) is 11.6 Å². The first kappa shape index (κ1) is 16.4. The summed E-state index contributed by atoms with van der Waals surface area (Å²) in [5, 5.41) is 0. The van der Waals surface area contributed by atoms with Crippen molar-refractivity contribution in [2.75, 3.05) is 26.2 Å². The molecule has 1 amide bonds. The van der Waals surface area contributed by atoms with Crippen molar-refractivity contribution < 1.29 is 9.53 Å². The van der Waals surface area contributed by atoms with Gasteiger partial charge in [-0.25, -0.2) is 4.79 Å². The number of carbonyl (C=O) groups is 1. The molecule has 0 spiro atoms. The quantitative estimate of drug-likeness (QED) is 0.783. The molecule has 1 aliphatic carbocycles. The van der Waals surface area contributed by atoms with Crippen LogP contribution >= 0.6 is 0 Å². The zero-order valence-electron chi connectivity index (χ0n) is 14.3. The molecule has 1 saturated carbocycles. The Morgan fingerprint density at radius 2 is 1.65 bits per heavy atom. The molecule has 2 aliphatic rings. The third-order valence-electron chi connectivity index (χ3n) is 4.71. The van der Waals surface area contributed by atoms with E-state index >= 15 is 0 Å². The third kappa shape index (κ3) is 3.55. The Bertz CT molecular complexity index is 568. The lowest BCUT2D eigenvalue weighted by Crippen LogP contribution is -2.53. The van der Waals surface area contributed by atoms with Gasteiger partial charge in [-0.2, -0.15) is 0 Å². The fourth-order valence-corrected chi connectivity index (χ4v) is 3.34. The molecule has 2 radical (unpaired) electrons. The Hall–Kier alpha value is -1.49. The van der Waals surface area contributed by atoms with Gasteiger partial charge in [0.1, 0.15) is 13.4 Å². The molecule has 1 aromatic rings. The van der Waals surface area contributed by atoms with Crippen molar-refractivity contribution in [1.82, 2.24) is 9.80 Å². The SMILES string of the molecule is [B]c1ccc(C2(N3CCN(C(=O)OC(C)(C)C)CC3)CC2)cc1. The molecule has 0 bridgehead atoms. The van der Waals surface area contributed by atoms with Crippen LogP contribution in [0, 0.1) is 0 Å². The van der Waals surface area contributed by atoms with Crippen LogP contribution in [0.1, 0.15) is 39.2 Å². The van der Waals surface area contributed by atoms with Gasteiger partial charge in [-0.1, -0.05) is 29.7 Å². The molecule has 1 aliphatic heterocycles. The van der Waals surface area contributed by atoms with Crippen LogP contribution in [-0.2, 0) is 10.3 Å². The maximum atomic E-state index is 12.2. The van der Waals surface area contributed by atoms with Gasteiger partial charge in [-0.05, 0) is 39.2 Å². The summed E-state index contributed by atoms with van der Waals surface area (Å²) in [7, 11) is 5.80. The molecule has 0 atom stereocenters. The highest BCUT2D eigenvalue weighted by atomic mass is 16.6. The summed E-state index contributed by atoms with van der Waals surface area (Å²) in [4.78, 5) is 16.5. The van der Waals surface area contributed by atoms with E-state index < -0.39 is 5.60 Å². The van der Waals surface area contributed by atoms with E-state index in [1.807, 2.05) is 37.8 Å². The van der Waals surface area contributed by atoms with Crippen molar-refractivity contribution in [2.24, 2.45) is 0 Å². The van der Waals surface area contributed by atoms with Crippen LogP contribution in [0.15, 0.2) is 24.3 Å². The van der Waals surface area contributed by atoms with Crippen molar-refractivity contribution >= 4 is 19.4 Å². The highest BCUT2D eigenvalue weighted by Gasteiger charge is 2.50. The van der Waals surface area contributed by atoms with Gasteiger partial charge in [-0.15, -0.1) is 0 Å². The first-order chi connectivity index (χ1) is 10.8. The third-order valence-corrected chi connectivity index (χ3v) is 4.71. The minimum atomic E-state index is -0.435. The van der Waals surface area contributed by atoms with Crippen LogP contribution in [0.25, 0.3) is 0 Å². The molecule has 1 saturated heterocycles. The topological polar surface area (TPSA) is 32.8 Å². The van der Waals surface area contributed by atoms with Crippen LogP contribution in [-0.4, -0.2) is 55.5 Å². The van der Waals surface area contributed by atoms with E-state index in [1.165, 1.54) is 18.4 Å². The molecule has 1 heterocycles. The Morgan fingerprint density at radius 1 is 1.09 bits per heavy atom. The summed E-state index contributed by atoms with van der Waals surface area (Å²) in [6, 6.07) is 8.24. The number of hydrogen-bond acceptors (Lipinski definition) is 3. The van der Waals surface area contributed by atoms with Crippen molar-refractivity contribution in [1.29, 1.82) is 0 Å². The summed E-state index contributed by atoms with van der Waals surface area (Å²) < 4.78 is 5.47. The molecule has 0 aromatic heterocycles. The Labute approximate surface area is 140 Å². The van der Waals surface area contributed by atoms with Crippen LogP contribution < -0.4 is 5.46 Å². The summed E-state index contributed by atoms with van der Waals surface area (Å²) in [5.74, 6) is 0. The minimum absolute atomic E-state index is 0.160. The molecule has 23 heavy (non-hydrogen) atoms. The highest BCUT2D eigenvalue weighted by Crippen LogP contribution is 2.51. The fraction of sp³-hybridized carbons (Fsp3) is 0.611. The van der Waals surface area contributed by atoms with Crippen LogP contribution in [0.4, 0.5) is 4.79 Å². The number of ether oxygens (including phenoxy) is 1. The van der Waals surface area contributed by atoms with E-state index in [2.05, 4.69) is 17.0 Å². The van der Waals surface area contributed by atoms with Crippen molar-refractivity contribution in [3.63, 3.8) is 0 Å². The lowest BCUT2D eigenvalue weighted by atomic mass is 9.92. The number of nitrogens with zero attached hydrogens (tertiary/aromatic N) is 2. The standard InChI is InChI=1S/C18H25BN2O2/c1-17(2,3)23-16(22)20-10-12-21(13-11-20)18(8-9-18)14-4-6-15(19)7-5-14/h4-7H,8-13H2,1-3H3. The molecular weight excluding hydrogens is 287 g/mol. The monoisotopic (exact) mass is 312 g/mol.